The second kappa shape index (κ2) is 8.16. The average Bonchev–Trinajstić information content (AvgIpc) is 2.53. The highest BCUT2D eigenvalue weighted by Gasteiger charge is 2.21. The van der Waals surface area contributed by atoms with Crippen molar-refractivity contribution in [2.45, 2.75) is 45.8 Å². The summed E-state index contributed by atoms with van der Waals surface area (Å²) in [5, 5.41) is 11.7. The first-order valence-electron chi connectivity index (χ1n) is 8.54. The topological polar surface area (TPSA) is 65.4 Å². The number of amides is 1. The van der Waals surface area contributed by atoms with Gasteiger partial charge in [0.25, 0.3) is 0 Å². The standard InChI is InChI=1S/C19H27N3O2/c1-19(2,3)24-18(23)21-13-16-8-10-22(11-9-16)14-17-6-4-15(12-20)5-7-17/h4-7,16H,8-11,13-14H2,1-3H3,(H,21,23). The molecule has 1 heterocycles. The Labute approximate surface area is 144 Å². The molecule has 0 unspecified atom stereocenters. The van der Waals surface area contributed by atoms with Crippen LogP contribution in [0.15, 0.2) is 24.3 Å². The number of benzene rings is 1. The second-order valence-corrected chi connectivity index (χ2v) is 7.41. The smallest absolute Gasteiger partial charge is 0.407 e. The van der Waals surface area contributed by atoms with Gasteiger partial charge in [-0.2, -0.15) is 5.26 Å². The molecule has 0 bridgehead atoms. The van der Waals surface area contributed by atoms with Gasteiger partial charge in [-0.05, 0) is 70.3 Å². The maximum atomic E-state index is 11.7. The Balaban J connectivity index is 1.69. The Morgan fingerprint density at radius 1 is 1.29 bits per heavy atom. The summed E-state index contributed by atoms with van der Waals surface area (Å²) >= 11 is 0. The van der Waals surface area contributed by atoms with Crippen molar-refractivity contribution >= 4 is 6.09 Å². The van der Waals surface area contributed by atoms with E-state index in [0.29, 0.717) is 18.0 Å². The molecule has 5 nitrogen and oxygen atoms in total. The van der Waals surface area contributed by atoms with Gasteiger partial charge in [-0.1, -0.05) is 12.1 Å². The highest BCUT2D eigenvalue weighted by molar-refractivity contribution is 5.67. The minimum absolute atomic E-state index is 0.331. The van der Waals surface area contributed by atoms with E-state index in [1.807, 2.05) is 45.0 Å². The molecule has 5 heteroatoms. The number of hydrogen-bond donors (Lipinski definition) is 1. The molecule has 130 valence electrons. The number of rotatable bonds is 4. The van der Waals surface area contributed by atoms with Crippen LogP contribution >= 0.6 is 0 Å². The van der Waals surface area contributed by atoms with Crippen LogP contribution < -0.4 is 5.32 Å². The zero-order chi connectivity index (χ0) is 17.6. The summed E-state index contributed by atoms with van der Waals surface area (Å²) in [7, 11) is 0. The van der Waals surface area contributed by atoms with E-state index < -0.39 is 5.60 Å². The predicted octanol–water partition coefficient (Wildman–Crippen LogP) is 3.29. The SMILES string of the molecule is CC(C)(C)OC(=O)NCC1CCN(Cc2ccc(C#N)cc2)CC1. The van der Waals surface area contributed by atoms with Crippen LogP contribution in [0.5, 0.6) is 0 Å². The van der Waals surface area contributed by atoms with E-state index in [1.165, 1.54) is 5.56 Å². The van der Waals surface area contributed by atoms with Gasteiger partial charge in [0.15, 0.2) is 0 Å². The van der Waals surface area contributed by atoms with Crippen molar-refractivity contribution < 1.29 is 9.53 Å². The van der Waals surface area contributed by atoms with Gasteiger partial charge in [0.05, 0.1) is 11.6 Å². The maximum absolute atomic E-state index is 11.7. The number of carbonyl (C=O) groups excluding carboxylic acids is 1. The predicted molar refractivity (Wildman–Crippen MR) is 93.4 cm³/mol. The van der Waals surface area contributed by atoms with Crippen molar-refractivity contribution in [3.05, 3.63) is 35.4 Å². The van der Waals surface area contributed by atoms with Crippen molar-refractivity contribution in [2.75, 3.05) is 19.6 Å². The van der Waals surface area contributed by atoms with E-state index in [0.717, 1.165) is 32.5 Å². The molecular formula is C19H27N3O2. The van der Waals surface area contributed by atoms with Crippen LogP contribution in [0.25, 0.3) is 0 Å². The molecule has 0 aliphatic carbocycles. The normalized spacial score (nSPS) is 16.4. The van der Waals surface area contributed by atoms with Crippen molar-refractivity contribution in [3.63, 3.8) is 0 Å². The summed E-state index contributed by atoms with van der Waals surface area (Å²) in [4.78, 5) is 14.1. The molecule has 0 spiro atoms. The quantitative estimate of drug-likeness (QED) is 0.920. The van der Waals surface area contributed by atoms with Crippen molar-refractivity contribution in [2.24, 2.45) is 5.92 Å². The molecule has 1 aliphatic rings. The summed E-state index contributed by atoms with van der Waals surface area (Å²) < 4.78 is 5.26. The molecule has 0 saturated carbocycles. The molecule has 1 aromatic rings. The summed E-state index contributed by atoms with van der Waals surface area (Å²) in [5.74, 6) is 0.509. The lowest BCUT2D eigenvalue weighted by molar-refractivity contribution is 0.0509. The van der Waals surface area contributed by atoms with E-state index in [9.17, 15) is 4.79 Å². The van der Waals surface area contributed by atoms with Crippen molar-refractivity contribution in [1.82, 2.24) is 10.2 Å². The molecule has 24 heavy (non-hydrogen) atoms. The number of hydrogen-bond acceptors (Lipinski definition) is 4. The Hall–Kier alpha value is -2.06. The molecule has 2 rings (SSSR count). The molecule has 1 N–H and O–H groups in total. The van der Waals surface area contributed by atoms with Crippen LogP contribution in [0.1, 0.15) is 44.7 Å². The summed E-state index contributed by atoms with van der Waals surface area (Å²) in [5.41, 5.74) is 1.49. The van der Waals surface area contributed by atoms with Gasteiger partial charge in [-0.15, -0.1) is 0 Å². The lowest BCUT2D eigenvalue weighted by Crippen LogP contribution is -2.40. The zero-order valence-electron chi connectivity index (χ0n) is 14.8. The number of alkyl carbamates (subject to hydrolysis) is 1. The molecule has 0 radical (unpaired) electrons. The van der Waals surface area contributed by atoms with Crippen LogP contribution in [-0.2, 0) is 11.3 Å². The molecule has 1 aromatic carbocycles. The fourth-order valence-electron chi connectivity index (χ4n) is 2.83. The summed E-state index contributed by atoms with van der Waals surface area (Å²) in [6, 6.07) is 9.92. The first kappa shape index (κ1) is 18.3. The highest BCUT2D eigenvalue weighted by Crippen LogP contribution is 2.19. The molecule has 1 fully saturated rings. The molecule has 1 amide bonds. The van der Waals surface area contributed by atoms with Crippen LogP contribution in [0.2, 0.25) is 0 Å². The fourth-order valence-corrected chi connectivity index (χ4v) is 2.83. The second-order valence-electron chi connectivity index (χ2n) is 7.41. The fraction of sp³-hybridized carbons (Fsp3) is 0.579. The van der Waals surface area contributed by atoms with Gasteiger partial charge >= 0.3 is 6.09 Å². The van der Waals surface area contributed by atoms with Gasteiger partial charge < -0.3 is 10.1 Å². The lowest BCUT2D eigenvalue weighted by Gasteiger charge is -2.32. The van der Waals surface area contributed by atoms with Crippen LogP contribution in [0.3, 0.4) is 0 Å². The minimum Gasteiger partial charge on any atom is -0.444 e. The number of ether oxygens (including phenoxy) is 1. The maximum Gasteiger partial charge on any atom is 0.407 e. The number of nitriles is 1. The number of carbonyl (C=O) groups is 1. The first-order chi connectivity index (χ1) is 11.4. The zero-order valence-corrected chi connectivity index (χ0v) is 14.8. The highest BCUT2D eigenvalue weighted by atomic mass is 16.6. The number of likely N-dealkylation sites (tertiary alicyclic amines) is 1. The number of piperidine rings is 1. The Kier molecular flexibility index (Phi) is 6.22. The van der Waals surface area contributed by atoms with Gasteiger partial charge in [0.1, 0.15) is 5.60 Å². The van der Waals surface area contributed by atoms with Gasteiger partial charge in [-0.3, -0.25) is 4.90 Å². The molecular weight excluding hydrogens is 302 g/mol. The van der Waals surface area contributed by atoms with E-state index in [-0.39, 0.29) is 6.09 Å². The van der Waals surface area contributed by atoms with E-state index >= 15 is 0 Å². The van der Waals surface area contributed by atoms with E-state index in [4.69, 9.17) is 10.00 Å². The van der Waals surface area contributed by atoms with Crippen LogP contribution in [0.4, 0.5) is 4.79 Å². The summed E-state index contributed by atoms with van der Waals surface area (Å²) in [6.45, 7) is 9.26. The molecule has 1 aliphatic heterocycles. The monoisotopic (exact) mass is 329 g/mol. The largest absolute Gasteiger partial charge is 0.444 e. The third-order valence-electron chi connectivity index (χ3n) is 4.13. The lowest BCUT2D eigenvalue weighted by atomic mass is 9.96. The number of nitrogens with zero attached hydrogens (tertiary/aromatic N) is 2. The third-order valence-corrected chi connectivity index (χ3v) is 4.13. The molecule has 0 aromatic heterocycles. The van der Waals surface area contributed by atoms with Crippen LogP contribution in [-0.4, -0.2) is 36.2 Å². The van der Waals surface area contributed by atoms with E-state index in [2.05, 4.69) is 16.3 Å². The molecule has 1 saturated heterocycles. The Bertz CT molecular complexity index is 576. The molecule has 0 atom stereocenters. The van der Waals surface area contributed by atoms with Gasteiger partial charge in [0.2, 0.25) is 0 Å². The Morgan fingerprint density at radius 3 is 2.46 bits per heavy atom. The summed E-state index contributed by atoms with van der Waals surface area (Å²) in [6.07, 6.45) is 1.82. The minimum atomic E-state index is -0.450. The average molecular weight is 329 g/mol. The van der Waals surface area contributed by atoms with Crippen molar-refractivity contribution in [3.8, 4) is 6.07 Å². The van der Waals surface area contributed by atoms with Crippen molar-refractivity contribution in [1.29, 1.82) is 5.26 Å². The Morgan fingerprint density at radius 2 is 1.92 bits per heavy atom. The first-order valence-corrected chi connectivity index (χ1v) is 8.54. The number of nitrogens with one attached hydrogen (secondary N) is 1. The van der Waals surface area contributed by atoms with E-state index in [1.54, 1.807) is 0 Å². The van der Waals surface area contributed by atoms with Gasteiger partial charge in [-0.25, -0.2) is 4.79 Å². The third kappa shape index (κ3) is 6.21. The van der Waals surface area contributed by atoms with Gasteiger partial charge in [0, 0.05) is 13.1 Å². The van der Waals surface area contributed by atoms with Crippen LogP contribution in [0, 0.1) is 17.2 Å².